The maximum atomic E-state index is 12.9. The molecule has 0 bridgehead atoms. The van der Waals surface area contributed by atoms with E-state index in [1.165, 1.54) is 0 Å². The molecule has 1 amide bonds. The molecule has 39 heavy (non-hydrogen) atoms. The number of carbonyl (C=O) groups excluding carboxylic acids is 1. The Labute approximate surface area is 226 Å². The SMILES string of the molecule is Cc1ccc2c(c1)N(O)C(=NCCCNCCCNC(=O)c1cccc3nc4cccc(C)c4nc13)NN2O. The van der Waals surface area contributed by atoms with Crippen LogP contribution >= 0.6 is 0 Å². The first-order valence-corrected chi connectivity index (χ1v) is 13.0. The molecule has 3 aromatic carbocycles. The molecule has 0 aliphatic carbocycles. The third-order valence-electron chi connectivity index (χ3n) is 6.52. The number of carbonyl (C=O) groups is 1. The number of para-hydroxylation sites is 2. The van der Waals surface area contributed by atoms with E-state index in [-0.39, 0.29) is 11.9 Å². The number of amides is 1. The Bertz CT molecular complexity index is 1540. The van der Waals surface area contributed by atoms with Gasteiger partial charge < -0.3 is 10.6 Å². The van der Waals surface area contributed by atoms with Crippen LogP contribution in [0, 0.1) is 13.8 Å². The number of rotatable bonds is 9. The lowest BCUT2D eigenvalue weighted by atomic mass is 10.1. The van der Waals surface area contributed by atoms with Crippen LogP contribution < -0.4 is 26.3 Å². The van der Waals surface area contributed by atoms with Gasteiger partial charge in [-0.15, -0.1) is 0 Å². The van der Waals surface area contributed by atoms with E-state index < -0.39 is 0 Å². The summed E-state index contributed by atoms with van der Waals surface area (Å²) in [6, 6.07) is 16.7. The first kappa shape index (κ1) is 26.3. The van der Waals surface area contributed by atoms with Crippen molar-refractivity contribution in [3.8, 4) is 0 Å². The highest BCUT2D eigenvalue weighted by molar-refractivity contribution is 6.06. The van der Waals surface area contributed by atoms with Crippen LogP contribution in [-0.4, -0.2) is 58.4 Å². The van der Waals surface area contributed by atoms with Gasteiger partial charge in [-0.2, -0.15) is 10.2 Å². The molecule has 1 aliphatic heterocycles. The summed E-state index contributed by atoms with van der Waals surface area (Å²) in [5.41, 5.74) is 8.97. The third-order valence-corrected chi connectivity index (χ3v) is 6.52. The maximum absolute atomic E-state index is 12.9. The molecule has 5 N–H and O–H groups in total. The van der Waals surface area contributed by atoms with E-state index in [2.05, 4.69) is 26.0 Å². The summed E-state index contributed by atoms with van der Waals surface area (Å²) in [5, 5.41) is 28.7. The van der Waals surface area contributed by atoms with Gasteiger partial charge in [0.1, 0.15) is 16.9 Å². The summed E-state index contributed by atoms with van der Waals surface area (Å²) >= 11 is 0. The van der Waals surface area contributed by atoms with Crippen molar-refractivity contribution in [2.75, 3.05) is 36.4 Å². The van der Waals surface area contributed by atoms with E-state index in [9.17, 15) is 15.2 Å². The molecule has 2 heterocycles. The molecule has 0 spiro atoms. The Morgan fingerprint density at radius 2 is 1.69 bits per heavy atom. The van der Waals surface area contributed by atoms with Crippen molar-refractivity contribution in [1.82, 2.24) is 26.0 Å². The quantitative estimate of drug-likeness (QED) is 0.163. The van der Waals surface area contributed by atoms with E-state index in [1.54, 1.807) is 18.2 Å². The van der Waals surface area contributed by atoms with Crippen molar-refractivity contribution < 1.29 is 15.2 Å². The predicted molar refractivity (Wildman–Crippen MR) is 151 cm³/mol. The molecule has 11 heteroatoms. The van der Waals surface area contributed by atoms with E-state index in [1.807, 2.05) is 50.2 Å². The number of aromatic nitrogens is 2. The average Bonchev–Trinajstić information content (AvgIpc) is 2.93. The topological polar surface area (TPSA) is 138 Å². The normalized spacial score (nSPS) is 14.1. The number of hydrazine groups is 1. The fourth-order valence-corrected chi connectivity index (χ4v) is 4.47. The maximum Gasteiger partial charge on any atom is 0.253 e. The molecular weight excluding hydrogens is 496 g/mol. The lowest BCUT2D eigenvalue weighted by molar-refractivity contribution is 0.0954. The molecule has 0 saturated heterocycles. The van der Waals surface area contributed by atoms with Gasteiger partial charge in [-0.1, -0.05) is 24.3 Å². The van der Waals surface area contributed by atoms with Crippen LogP contribution in [0.15, 0.2) is 59.6 Å². The van der Waals surface area contributed by atoms with Crippen molar-refractivity contribution in [1.29, 1.82) is 0 Å². The van der Waals surface area contributed by atoms with Gasteiger partial charge in [-0.25, -0.2) is 20.4 Å². The van der Waals surface area contributed by atoms with Crippen LogP contribution in [0.1, 0.15) is 34.3 Å². The van der Waals surface area contributed by atoms with Crippen molar-refractivity contribution in [2.45, 2.75) is 26.7 Å². The Morgan fingerprint density at radius 3 is 2.54 bits per heavy atom. The molecule has 202 valence electrons. The predicted octanol–water partition coefficient (Wildman–Crippen LogP) is 3.47. The number of aliphatic imine (C=N–C) groups is 1. The number of benzene rings is 3. The van der Waals surface area contributed by atoms with Gasteiger partial charge in [0, 0.05) is 13.1 Å². The number of anilines is 2. The summed E-state index contributed by atoms with van der Waals surface area (Å²) in [6.07, 6.45) is 1.50. The molecule has 1 aromatic heterocycles. The average molecular weight is 529 g/mol. The van der Waals surface area contributed by atoms with E-state index in [4.69, 9.17) is 4.98 Å². The molecule has 11 nitrogen and oxygen atoms in total. The number of fused-ring (bicyclic) bond motifs is 3. The van der Waals surface area contributed by atoms with Crippen LogP contribution in [-0.2, 0) is 0 Å². The zero-order valence-corrected chi connectivity index (χ0v) is 22.0. The smallest absolute Gasteiger partial charge is 0.253 e. The van der Waals surface area contributed by atoms with E-state index in [0.717, 1.165) is 58.3 Å². The zero-order chi connectivity index (χ0) is 27.4. The van der Waals surface area contributed by atoms with Crippen molar-refractivity contribution >= 4 is 45.3 Å². The fourth-order valence-electron chi connectivity index (χ4n) is 4.47. The van der Waals surface area contributed by atoms with Crippen molar-refractivity contribution in [3.05, 3.63) is 71.3 Å². The van der Waals surface area contributed by atoms with E-state index in [0.29, 0.717) is 41.1 Å². The summed E-state index contributed by atoms with van der Waals surface area (Å²) in [5.74, 6) is -0.0125. The Hall–Kier alpha value is -4.32. The molecular formula is C28H32N8O3. The van der Waals surface area contributed by atoms with Crippen LogP contribution in [0.3, 0.4) is 0 Å². The summed E-state index contributed by atoms with van der Waals surface area (Å²) < 4.78 is 0. The minimum absolute atomic E-state index is 0.152. The fraction of sp³-hybridized carbons (Fsp3) is 0.286. The number of hydroxylamine groups is 1. The lowest BCUT2D eigenvalue weighted by Gasteiger charge is -2.33. The Morgan fingerprint density at radius 1 is 0.923 bits per heavy atom. The number of hydrogen-bond acceptors (Lipinski definition) is 8. The molecule has 0 fully saturated rings. The number of guanidine groups is 1. The van der Waals surface area contributed by atoms with E-state index >= 15 is 0 Å². The van der Waals surface area contributed by atoms with Crippen molar-refractivity contribution in [2.24, 2.45) is 4.99 Å². The van der Waals surface area contributed by atoms with Gasteiger partial charge in [0.25, 0.3) is 5.91 Å². The number of nitrogens with zero attached hydrogens (tertiary/aromatic N) is 5. The van der Waals surface area contributed by atoms with Gasteiger partial charge >= 0.3 is 0 Å². The molecule has 0 saturated carbocycles. The monoisotopic (exact) mass is 528 g/mol. The summed E-state index contributed by atoms with van der Waals surface area (Å²) in [7, 11) is 0. The largest absolute Gasteiger partial charge is 0.352 e. The number of hydrogen-bond donors (Lipinski definition) is 5. The van der Waals surface area contributed by atoms with Gasteiger partial charge in [0.15, 0.2) is 0 Å². The molecule has 1 aliphatic rings. The highest BCUT2D eigenvalue weighted by Crippen LogP contribution is 2.31. The Kier molecular flexibility index (Phi) is 7.82. The van der Waals surface area contributed by atoms with Gasteiger partial charge in [-0.3, -0.25) is 15.2 Å². The second kappa shape index (κ2) is 11.6. The third kappa shape index (κ3) is 5.75. The lowest BCUT2D eigenvalue weighted by Crippen LogP contribution is -2.52. The minimum Gasteiger partial charge on any atom is -0.352 e. The summed E-state index contributed by atoms with van der Waals surface area (Å²) in [6.45, 7) is 6.33. The van der Waals surface area contributed by atoms with Crippen LogP contribution in [0.2, 0.25) is 0 Å². The second-order valence-electron chi connectivity index (χ2n) is 9.49. The molecule has 0 radical (unpaired) electrons. The highest BCUT2D eigenvalue weighted by Gasteiger charge is 2.25. The van der Waals surface area contributed by atoms with Crippen LogP contribution in [0.5, 0.6) is 0 Å². The number of aryl methyl sites for hydroxylation is 2. The highest BCUT2D eigenvalue weighted by atomic mass is 16.6. The standard InChI is InChI=1S/C28H32N8O3/c1-18-11-12-23-24(17-18)35(38)28(34-36(23)39)31-16-6-14-29-13-5-15-30-27(37)20-8-4-10-22-26(20)33-25-19(2)7-3-9-21(25)32-22/h3-4,7-12,17,29,38-39H,5-6,13-16H2,1-2H3,(H,30,37)(H,31,34). The van der Waals surface area contributed by atoms with Crippen LogP contribution in [0.25, 0.3) is 22.1 Å². The zero-order valence-electron chi connectivity index (χ0n) is 22.0. The Balaban J connectivity index is 1.05. The molecule has 0 unspecified atom stereocenters. The molecule has 0 atom stereocenters. The summed E-state index contributed by atoms with van der Waals surface area (Å²) in [4.78, 5) is 26.7. The first-order valence-electron chi connectivity index (χ1n) is 13.0. The molecule has 5 rings (SSSR count). The second-order valence-corrected chi connectivity index (χ2v) is 9.49. The van der Waals surface area contributed by atoms with Gasteiger partial charge in [-0.05, 0) is 81.2 Å². The first-order chi connectivity index (χ1) is 18.9. The molecule has 4 aromatic rings. The number of nitrogens with one attached hydrogen (secondary N) is 3. The van der Waals surface area contributed by atoms with Gasteiger partial charge in [0.05, 0.1) is 22.1 Å². The minimum atomic E-state index is -0.165. The van der Waals surface area contributed by atoms with Crippen LogP contribution in [0.4, 0.5) is 11.4 Å². The van der Waals surface area contributed by atoms with Gasteiger partial charge in [0.2, 0.25) is 5.96 Å². The van der Waals surface area contributed by atoms with Crippen molar-refractivity contribution in [3.63, 3.8) is 0 Å².